The van der Waals surface area contributed by atoms with Gasteiger partial charge in [-0.05, 0) is 40.5 Å². The average molecular weight is 240 g/mol. The summed E-state index contributed by atoms with van der Waals surface area (Å²) >= 11 is 0. The van der Waals surface area contributed by atoms with E-state index in [2.05, 4.69) is 10.3 Å². The Labute approximate surface area is 102 Å². The maximum atomic E-state index is 11.4. The number of rotatable bonds is 2. The standard InChI is InChI=1S/C12H20N2O3/c1-8(13-10-5-9(6-10)7-15)14-11(16)17-12(2,3)4/h7,9-10H,5-6H2,1-4H3,(H,13,14,16). The molecular formula is C12H20N2O3. The van der Waals surface area contributed by atoms with Crippen LogP contribution in [0.3, 0.4) is 0 Å². The number of amidine groups is 1. The number of nitrogens with one attached hydrogen (secondary N) is 1. The fraction of sp³-hybridized carbons (Fsp3) is 0.750. The first-order valence-corrected chi connectivity index (χ1v) is 5.80. The zero-order valence-electron chi connectivity index (χ0n) is 10.8. The van der Waals surface area contributed by atoms with Crippen molar-refractivity contribution >= 4 is 18.2 Å². The SMILES string of the molecule is C/C(=N/C(=O)OC(C)(C)C)NC1CC(C=O)C1. The van der Waals surface area contributed by atoms with Gasteiger partial charge in [-0.25, -0.2) is 4.79 Å². The Bertz CT molecular complexity index is 325. The highest BCUT2D eigenvalue weighted by Crippen LogP contribution is 2.24. The van der Waals surface area contributed by atoms with E-state index in [1.807, 2.05) is 0 Å². The highest BCUT2D eigenvalue weighted by atomic mass is 16.6. The summed E-state index contributed by atoms with van der Waals surface area (Å²) in [5.74, 6) is 0.690. The first-order chi connectivity index (χ1) is 7.80. The summed E-state index contributed by atoms with van der Waals surface area (Å²) in [6.45, 7) is 7.11. The number of hydrogen-bond donors (Lipinski definition) is 1. The molecule has 96 valence electrons. The fourth-order valence-corrected chi connectivity index (χ4v) is 1.64. The Morgan fingerprint density at radius 1 is 1.41 bits per heavy atom. The van der Waals surface area contributed by atoms with Crippen LogP contribution in [0.5, 0.6) is 0 Å². The van der Waals surface area contributed by atoms with Crippen LogP contribution in [0.25, 0.3) is 0 Å². The van der Waals surface area contributed by atoms with E-state index in [4.69, 9.17) is 4.74 Å². The second-order valence-electron chi connectivity index (χ2n) is 5.39. The Hall–Kier alpha value is -1.39. The Kier molecular flexibility index (Phi) is 4.26. The number of carbonyl (C=O) groups is 2. The van der Waals surface area contributed by atoms with Gasteiger partial charge in [0.25, 0.3) is 0 Å². The van der Waals surface area contributed by atoms with Crippen molar-refractivity contribution < 1.29 is 14.3 Å². The molecule has 5 nitrogen and oxygen atoms in total. The maximum Gasteiger partial charge on any atom is 0.435 e. The molecule has 1 amide bonds. The first kappa shape index (κ1) is 13.7. The van der Waals surface area contributed by atoms with Gasteiger partial charge in [-0.3, -0.25) is 0 Å². The second-order valence-corrected chi connectivity index (χ2v) is 5.39. The summed E-state index contributed by atoms with van der Waals surface area (Å²) in [5.41, 5.74) is -0.528. The molecule has 0 bridgehead atoms. The molecule has 0 aromatic rings. The van der Waals surface area contributed by atoms with Crippen molar-refractivity contribution in [2.75, 3.05) is 0 Å². The van der Waals surface area contributed by atoms with E-state index in [1.165, 1.54) is 0 Å². The molecule has 0 radical (unpaired) electrons. The van der Waals surface area contributed by atoms with Crippen molar-refractivity contribution in [1.29, 1.82) is 0 Å². The molecule has 0 atom stereocenters. The van der Waals surface area contributed by atoms with Gasteiger partial charge < -0.3 is 14.8 Å². The van der Waals surface area contributed by atoms with Gasteiger partial charge in [0.2, 0.25) is 0 Å². The molecule has 0 unspecified atom stereocenters. The zero-order chi connectivity index (χ0) is 13.1. The lowest BCUT2D eigenvalue weighted by Gasteiger charge is -2.32. The van der Waals surface area contributed by atoms with Gasteiger partial charge in [0.15, 0.2) is 0 Å². The summed E-state index contributed by atoms with van der Waals surface area (Å²) in [4.78, 5) is 25.6. The minimum atomic E-state index is -0.589. The molecule has 5 heteroatoms. The van der Waals surface area contributed by atoms with Gasteiger partial charge in [0.1, 0.15) is 17.7 Å². The van der Waals surface area contributed by atoms with Gasteiger partial charge in [-0.1, -0.05) is 0 Å². The lowest BCUT2D eigenvalue weighted by atomic mass is 9.81. The third-order valence-electron chi connectivity index (χ3n) is 2.43. The third kappa shape index (κ3) is 4.97. The van der Waals surface area contributed by atoms with Crippen LogP contribution in [-0.2, 0) is 9.53 Å². The van der Waals surface area contributed by atoms with E-state index in [1.54, 1.807) is 27.7 Å². The predicted molar refractivity (Wildman–Crippen MR) is 65.1 cm³/mol. The summed E-state index contributed by atoms with van der Waals surface area (Å²) in [7, 11) is 0. The number of amides is 1. The number of carbonyl (C=O) groups excluding carboxylic acids is 2. The van der Waals surface area contributed by atoms with Crippen LogP contribution in [-0.4, -0.2) is 29.9 Å². The van der Waals surface area contributed by atoms with Gasteiger partial charge in [0, 0.05) is 12.0 Å². The largest absolute Gasteiger partial charge is 0.442 e. The highest BCUT2D eigenvalue weighted by Gasteiger charge is 2.28. The molecular weight excluding hydrogens is 220 g/mol. The summed E-state index contributed by atoms with van der Waals surface area (Å²) in [6.07, 6.45) is 2.00. The molecule has 0 aliphatic heterocycles. The second kappa shape index (κ2) is 5.29. The van der Waals surface area contributed by atoms with Crippen LogP contribution in [0.1, 0.15) is 40.5 Å². The Morgan fingerprint density at radius 2 is 2.00 bits per heavy atom. The van der Waals surface area contributed by atoms with Crippen LogP contribution in [0.15, 0.2) is 4.99 Å². The van der Waals surface area contributed by atoms with Crippen LogP contribution in [0.4, 0.5) is 4.79 Å². The predicted octanol–water partition coefficient (Wildman–Crippen LogP) is 1.91. The summed E-state index contributed by atoms with van der Waals surface area (Å²) < 4.78 is 5.06. The topological polar surface area (TPSA) is 67.8 Å². The quantitative estimate of drug-likeness (QED) is 0.455. The maximum absolute atomic E-state index is 11.4. The summed E-state index contributed by atoms with van der Waals surface area (Å²) in [5, 5.41) is 3.09. The van der Waals surface area contributed by atoms with Crippen molar-refractivity contribution in [3.63, 3.8) is 0 Å². The van der Waals surface area contributed by atoms with Gasteiger partial charge in [0.05, 0.1) is 0 Å². The van der Waals surface area contributed by atoms with Crippen molar-refractivity contribution in [3.05, 3.63) is 0 Å². The van der Waals surface area contributed by atoms with Gasteiger partial charge in [-0.15, -0.1) is 0 Å². The van der Waals surface area contributed by atoms with Crippen molar-refractivity contribution in [1.82, 2.24) is 5.32 Å². The Morgan fingerprint density at radius 3 is 2.47 bits per heavy atom. The van der Waals surface area contributed by atoms with E-state index in [0.29, 0.717) is 5.84 Å². The average Bonchev–Trinajstić information content (AvgIpc) is 2.06. The summed E-state index contributed by atoms with van der Waals surface area (Å²) in [6, 6.07) is 0.247. The van der Waals surface area contributed by atoms with E-state index in [9.17, 15) is 9.59 Å². The van der Waals surface area contributed by atoms with Crippen LogP contribution in [0, 0.1) is 5.92 Å². The molecule has 1 fully saturated rings. The van der Waals surface area contributed by atoms with Crippen molar-refractivity contribution in [2.24, 2.45) is 10.9 Å². The normalized spacial score (nSPS) is 24.8. The number of nitrogens with zero attached hydrogens (tertiary/aromatic N) is 1. The molecule has 1 rings (SSSR count). The number of hydrogen-bond acceptors (Lipinski definition) is 3. The van der Waals surface area contributed by atoms with Gasteiger partial charge in [-0.2, -0.15) is 4.99 Å². The molecule has 1 saturated carbocycles. The number of aliphatic imine (C=N–C) groups is 1. The minimum Gasteiger partial charge on any atom is -0.442 e. The smallest absolute Gasteiger partial charge is 0.435 e. The lowest BCUT2D eigenvalue weighted by Crippen LogP contribution is -2.44. The lowest BCUT2D eigenvalue weighted by molar-refractivity contribution is -0.113. The number of aldehydes is 1. The van der Waals surface area contributed by atoms with Crippen LogP contribution >= 0.6 is 0 Å². The van der Waals surface area contributed by atoms with Crippen molar-refractivity contribution in [3.8, 4) is 0 Å². The van der Waals surface area contributed by atoms with E-state index in [-0.39, 0.29) is 12.0 Å². The molecule has 1 aliphatic rings. The van der Waals surface area contributed by atoms with E-state index >= 15 is 0 Å². The van der Waals surface area contributed by atoms with Crippen LogP contribution in [0.2, 0.25) is 0 Å². The first-order valence-electron chi connectivity index (χ1n) is 5.80. The third-order valence-corrected chi connectivity index (χ3v) is 2.43. The monoisotopic (exact) mass is 240 g/mol. The van der Waals surface area contributed by atoms with E-state index < -0.39 is 11.7 Å². The molecule has 0 aromatic carbocycles. The molecule has 0 spiro atoms. The molecule has 1 aliphatic carbocycles. The molecule has 1 N–H and O–H groups in total. The molecule has 0 aromatic heterocycles. The Balaban J connectivity index is 2.34. The highest BCUT2D eigenvalue weighted by molar-refractivity contribution is 5.90. The molecule has 0 heterocycles. The zero-order valence-corrected chi connectivity index (χ0v) is 10.8. The van der Waals surface area contributed by atoms with E-state index in [0.717, 1.165) is 19.1 Å². The molecule has 0 saturated heterocycles. The van der Waals surface area contributed by atoms with Crippen LogP contribution < -0.4 is 5.32 Å². The molecule has 17 heavy (non-hydrogen) atoms. The minimum absolute atomic E-state index is 0.154. The fourth-order valence-electron chi connectivity index (χ4n) is 1.64. The van der Waals surface area contributed by atoms with Crippen molar-refractivity contribution in [2.45, 2.75) is 52.2 Å². The number of ether oxygens (including phenoxy) is 1. The van der Waals surface area contributed by atoms with Gasteiger partial charge >= 0.3 is 6.09 Å².